The van der Waals surface area contributed by atoms with Crippen LogP contribution in [-0.4, -0.2) is 16.7 Å². The Hall–Kier alpha value is -2.11. The molecule has 0 radical (unpaired) electrons. The molecule has 1 aromatic heterocycles. The van der Waals surface area contributed by atoms with Crippen molar-refractivity contribution >= 4 is 40.6 Å². The van der Waals surface area contributed by atoms with Crippen LogP contribution in [0.4, 0.5) is 5.69 Å². The predicted molar refractivity (Wildman–Crippen MR) is 93.3 cm³/mol. The fraction of sp³-hybridized carbons (Fsp3) is 0.235. The molecule has 1 aliphatic rings. The molecule has 1 heterocycles. The van der Waals surface area contributed by atoms with Crippen molar-refractivity contribution < 1.29 is 9.59 Å². The highest BCUT2D eigenvalue weighted by atomic mass is 35.5. The van der Waals surface area contributed by atoms with E-state index in [0.29, 0.717) is 39.8 Å². The molecule has 2 N–H and O–H groups in total. The number of fused-ring (bicyclic) bond motifs is 1. The molecule has 1 amide bonds. The van der Waals surface area contributed by atoms with Crippen molar-refractivity contribution in [1.82, 2.24) is 4.98 Å². The number of pyridine rings is 1. The van der Waals surface area contributed by atoms with E-state index < -0.39 is 11.5 Å². The smallest absolute Gasteiger partial charge is 0.261 e. The third-order valence-electron chi connectivity index (χ3n) is 3.87. The lowest BCUT2D eigenvalue weighted by molar-refractivity contribution is 0.0952. The number of rotatable bonds is 2. The molecule has 0 aliphatic heterocycles. The third-order valence-corrected chi connectivity index (χ3v) is 4.31. The van der Waals surface area contributed by atoms with Gasteiger partial charge in [-0.1, -0.05) is 30.1 Å². The van der Waals surface area contributed by atoms with Gasteiger partial charge in [0.1, 0.15) is 5.56 Å². The minimum atomic E-state index is -0.621. The van der Waals surface area contributed by atoms with Gasteiger partial charge in [0.25, 0.3) is 11.5 Å². The minimum Gasteiger partial charge on any atom is -0.325 e. The Bertz CT molecular complexity index is 885. The molecule has 7 heteroatoms. The van der Waals surface area contributed by atoms with E-state index in [0.717, 1.165) is 0 Å². The highest BCUT2D eigenvalue weighted by Crippen LogP contribution is 2.25. The molecule has 1 aliphatic carbocycles. The van der Waals surface area contributed by atoms with Crippen LogP contribution in [0.5, 0.6) is 0 Å². The second kappa shape index (κ2) is 6.42. The molecule has 2 aromatic rings. The number of ketones is 1. The average molecular weight is 365 g/mol. The molecular formula is C17H14Cl2N2O3. The van der Waals surface area contributed by atoms with Crippen molar-refractivity contribution in [3.8, 4) is 0 Å². The monoisotopic (exact) mass is 364 g/mol. The van der Waals surface area contributed by atoms with E-state index in [9.17, 15) is 14.4 Å². The quantitative estimate of drug-likeness (QED) is 0.852. The normalized spacial score (nSPS) is 16.6. The second-order valence-corrected chi connectivity index (χ2v) is 6.83. The van der Waals surface area contributed by atoms with E-state index in [2.05, 4.69) is 10.3 Å². The Labute approximate surface area is 148 Å². The minimum absolute atomic E-state index is 0.0696. The fourth-order valence-electron chi connectivity index (χ4n) is 2.82. The number of aromatic amines is 1. The number of benzene rings is 1. The summed E-state index contributed by atoms with van der Waals surface area (Å²) < 4.78 is 0. The van der Waals surface area contributed by atoms with Gasteiger partial charge in [-0.2, -0.15) is 0 Å². The highest BCUT2D eigenvalue weighted by Gasteiger charge is 2.25. The lowest BCUT2D eigenvalue weighted by atomic mass is 9.86. The number of carbonyl (C=O) groups excluding carboxylic acids is 2. The molecule has 124 valence electrons. The Morgan fingerprint density at radius 3 is 2.46 bits per heavy atom. The Kier molecular flexibility index (Phi) is 4.47. The fourth-order valence-corrected chi connectivity index (χ4v) is 3.34. The van der Waals surface area contributed by atoms with E-state index in [1.165, 1.54) is 24.3 Å². The molecule has 0 fully saturated rings. The number of anilines is 1. The molecule has 1 aromatic carbocycles. The van der Waals surface area contributed by atoms with Crippen LogP contribution in [0.15, 0.2) is 29.1 Å². The number of Topliss-reactive ketones (excluding diaryl/α,β-unsaturated/α-hetero) is 1. The van der Waals surface area contributed by atoms with Crippen LogP contribution in [0.3, 0.4) is 0 Å². The van der Waals surface area contributed by atoms with Crippen LogP contribution in [0.1, 0.15) is 39.8 Å². The SMILES string of the molecule is C[C@H]1CC(=O)c2cc(C(=O)Nc3cc(Cl)cc(Cl)c3)c(=O)[nH]c2C1. The van der Waals surface area contributed by atoms with Crippen LogP contribution >= 0.6 is 23.2 Å². The summed E-state index contributed by atoms with van der Waals surface area (Å²) in [6.07, 6.45) is 1.02. The van der Waals surface area contributed by atoms with Gasteiger partial charge >= 0.3 is 0 Å². The first-order valence-corrected chi connectivity index (χ1v) is 8.16. The molecule has 24 heavy (non-hydrogen) atoms. The zero-order chi connectivity index (χ0) is 17.4. The summed E-state index contributed by atoms with van der Waals surface area (Å²) in [5.74, 6) is -0.516. The van der Waals surface area contributed by atoms with E-state index in [1.54, 1.807) is 0 Å². The van der Waals surface area contributed by atoms with Crippen molar-refractivity contribution in [3.05, 3.63) is 61.5 Å². The number of halogens is 2. The number of aromatic nitrogens is 1. The number of nitrogens with one attached hydrogen (secondary N) is 2. The number of H-pyrrole nitrogens is 1. The van der Waals surface area contributed by atoms with Gasteiger partial charge in [0.2, 0.25) is 0 Å². The van der Waals surface area contributed by atoms with Gasteiger partial charge in [0.15, 0.2) is 5.78 Å². The molecule has 0 bridgehead atoms. The Morgan fingerprint density at radius 1 is 1.12 bits per heavy atom. The predicted octanol–water partition coefficient (Wildman–Crippen LogP) is 3.70. The van der Waals surface area contributed by atoms with Gasteiger partial charge in [-0.25, -0.2) is 0 Å². The number of amides is 1. The summed E-state index contributed by atoms with van der Waals surface area (Å²) in [7, 11) is 0. The molecule has 0 saturated carbocycles. The molecule has 0 saturated heterocycles. The summed E-state index contributed by atoms with van der Waals surface area (Å²) in [5.41, 5.74) is 0.719. The maximum absolute atomic E-state index is 12.4. The first-order valence-electron chi connectivity index (χ1n) is 7.40. The molecule has 0 spiro atoms. The first kappa shape index (κ1) is 16.7. The van der Waals surface area contributed by atoms with Gasteiger partial charge in [-0.05, 0) is 36.6 Å². The second-order valence-electron chi connectivity index (χ2n) is 5.95. The van der Waals surface area contributed by atoms with Gasteiger partial charge in [0.05, 0.1) is 0 Å². The maximum Gasteiger partial charge on any atom is 0.261 e. The number of hydrogen-bond acceptors (Lipinski definition) is 3. The van der Waals surface area contributed by atoms with Crippen molar-refractivity contribution in [1.29, 1.82) is 0 Å². The van der Waals surface area contributed by atoms with Crippen molar-refractivity contribution in [2.75, 3.05) is 5.32 Å². The zero-order valence-electron chi connectivity index (χ0n) is 12.8. The van der Waals surface area contributed by atoms with Crippen molar-refractivity contribution in [2.24, 2.45) is 5.92 Å². The maximum atomic E-state index is 12.4. The summed E-state index contributed by atoms with van der Waals surface area (Å²) in [5, 5.41) is 3.30. The van der Waals surface area contributed by atoms with Crippen LogP contribution < -0.4 is 10.9 Å². The van der Waals surface area contributed by atoms with Crippen LogP contribution in [0.2, 0.25) is 10.0 Å². The van der Waals surface area contributed by atoms with Gasteiger partial charge in [-0.15, -0.1) is 0 Å². The van der Waals surface area contributed by atoms with Crippen LogP contribution in [-0.2, 0) is 6.42 Å². The third kappa shape index (κ3) is 3.37. The molecule has 1 atom stereocenters. The Morgan fingerprint density at radius 2 is 1.79 bits per heavy atom. The topological polar surface area (TPSA) is 79.0 Å². The van der Waals surface area contributed by atoms with Gasteiger partial charge in [-0.3, -0.25) is 14.4 Å². The summed E-state index contributed by atoms with van der Waals surface area (Å²) in [6, 6.07) is 5.93. The zero-order valence-corrected chi connectivity index (χ0v) is 14.3. The first-order chi connectivity index (χ1) is 11.3. The van der Waals surface area contributed by atoms with E-state index in [-0.39, 0.29) is 17.3 Å². The molecule has 5 nitrogen and oxygen atoms in total. The average Bonchev–Trinajstić information content (AvgIpc) is 2.44. The summed E-state index contributed by atoms with van der Waals surface area (Å²) in [4.78, 5) is 39.4. The van der Waals surface area contributed by atoms with E-state index in [4.69, 9.17) is 23.2 Å². The molecule has 3 rings (SSSR count). The van der Waals surface area contributed by atoms with E-state index in [1.807, 2.05) is 6.92 Å². The largest absolute Gasteiger partial charge is 0.325 e. The van der Waals surface area contributed by atoms with Crippen LogP contribution in [0, 0.1) is 5.92 Å². The van der Waals surface area contributed by atoms with Crippen molar-refractivity contribution in [3.63, 3.8) is 0 Å². The van der Waals surface area contributed by atoms with Crippen molar-refractivity contribution in [2.45, 2.75) is 19.8 Å². The van der Waals surface area contributed by atoms with Gasteiger partial charge < -0.3 is 10.3 Å². The summed E-state index contributed by atoms with van der Waals surface area (Å²) >= 11 is 11.8. The number of carbonyl (C=O) groups is 2. The van der Waals surface area contributed by atoms with E-state index >= 15 is 0 Å². The Balaban J connectivity index is 1.94. The number of hydrogen-bond donors (Lipinski definition) is 2. The van der Waals surface area contributed by atoms with Gasteiger partial charge in [0, 0.05) is 33.4 Å². The standard InChI is InChI=1S/C17H14Cl2N2O3/c1-8-2-14-12(15(22)3-8)7-13(17(24)21-14)16(23)20-11-5-9(18)4-10(19)6-11/h4-8H,2-3H2,1H3,(H,20,23)(H,21,24)/t8-/m1/s1. The lowest BCUT2D eigenvalue weighted by Crippen LogP contribution is -2.29. The molecular weight excluding hydrogens is 351 g/mol. The highest BCUT2D eigenvalue weighted by molar-refractivity contribution is 6.35. The molecule has 0 unspecified atom stereocenters. The van der Waals surface area contributed by atoms with Crippen LogP contribution in [0.25, 0.3) is 0 Å². The lowest BCUT2D eigenvalue weighted by Gasteiger charge is -2.20. The summed E-state index contributed by atoms with van der Waals surface area (Å²) in [6.45, 7) is 1.95.